The molecule has 0 atom stereocenters. The second-order valence-corrected chi connectivity index (χ2v) is 5.80. The van der Waals surface area contributed by atoms with Gasteiger partial charge in [-0.25, -0.2) is 0 Å². The van der Waals surface area contributed by atoms with Crippen molar-refractivity contribution < 1.29 is 14.5 Å². The van der Waals surface area contributed by atoms with Crippen molar-refractivity contribution in [2.24, 2.45) is 10.3 Å². The van der Waals surface area contributed by atoms with Crippen LogP contribution >= 0.6 is 11.6 Å². The number of nitrogens with one attached hydrogen (secondary N) is 1. The molecule has 0 heterocycles. The van der Waals surface area contributed by atoms with Crippen LogP contribution in [0.3, 0.4) is 0 Å². The Hall–Kier alpha value is -2.86. The summed E-state index contributed by atoms with van der Waals surface area (Å²) < 4.78 is 0. The van der Waals surface area contributed by atoms with Crippen LogP contribution in [0, 0.1) is 6.92 Å². The minimum Gasteiger partial charge on any atom is -0.398 e. The van der Waals surface area contributed by atoms with Gasteiger partial charge in [0.2, 0.25) is 0 Å². The van der Waals surface area contributed by atoms with Crippen LogP contribution in [0.4, 0.5) is 0 Å². The molecule has 6 nitrogen and oxygen atoms in total. The summed E-state index contributed by atoms with van der Waals surface area (Å²) in [6, 6.07) is 12.8. The van der Waals surface area contributed by atoms with Gasteiger partial charge in [0.25, 0.3) is 5.91 Å². The Kier molecular flexibility index (Phi) is 7.17. The van der Waals surface area contributed by atoms with Gasteiger partial charge in [0.15, 0.2) is 5.71 Å². The molecule has 2 aromatic carbocycles. The first-order valence-electron chi connectivity index (χ1n) is 7.89. The van der Waals surface area contributed by atoms with Crippen LogP contribution in [0.1, 0.15) is 22.3 Å². The van der Waals surface area contributed by atoms with Crippen LogP contribution in [0.2, 0.25) is 5.02 Å². The maximum absolute atomic E-state index is 12.1. The first kappa shape index (κ1) is 19.5. The third-order valence-electron chi connectivity index (χ3n) is 3.62. The quantitative estimate of drug-likeness (QED) is 0.598. The minimum absolute atomic E-state index is 0.177. The summed E-state index contributed by atoms with van der Waals surface area (Å²) in [4.78, 5) is 22.3. The molecule has 0 radical (unpaired) electrons. The largest absolute Gasteiger partial charge is 0.398 e. The van der Waals surface area contributed by atoms with E-state index in [4.69, 9.17) is 21.3 Å². The maximum atomic E-state index is 12.1. The lowest BCUT2D eigenvalue weighted by Gasteiger charge is -2.12. The molecule has 0 bridgehead atoms. The van der Waals surface area contributed by atoms with E-state index in [2.05, 4.69) is 15.6 Å². The van der Waals surface area contributed by atoms with E-state index in [9.17, 15) is 4.79 Å². The number of hydrogen-bond donors (Lipinski definition) is 1. The molecule has 2 aromatic rings. The molecule has 0 saturated heterocycles. The number of halogens is 1. The summed E-state index contributed by atoms with van der Waals surface area (Å²) in [6.07, 6.45) is 1.58. The molecule has 1 N–H and O–H groups in total. The molecule has 0 spiro atoms. The minimum atomic E-state index is -0.346. The summed E-state index contributed by atoms with van der Waals surface area (Å²) in [5.41, 5.74) is 3.39. The van der Waals surface area contributed by atoms with Crippen molar-refractivity contribution in [1.29, 1.82) is 0 Å². The van der Waals surface area contributed by atoms with Crippen LogP contribution in [0.15, 0.2) is 52.8 Å². The number of carbonyl (C=O) groups excluding carboxylic acids is 1. The fraction of sp³-hybridized carbons (Fsp3) is 0.211. The van der Waals surface area contributed by atoms with E-state index >= 15 is 0 Å². The number of oxime groups is 2. The molecule has 1 amide bonds. The van der Waals surface area contributed by atoms with Crippen LogP contribution in [0.25, 0.3) is 0 Å². The molecule has 0 saturated carbocycles. The lowest BCUT2D eigenvalue weighted by molar-refractivity contribution is -0.114. The summed E-state index contributed by atoms with van der Waals surface area (Å²) >= 11 is 5.94. The van der Waals surface area contributed by atoms with Gasteiger partial charge in [-0.05, 0) is 30.2 Å². The molecule has 0 aliphatic rings. The Balaban J connectivity index is 2.21. The lowest BCUT2D eigenvalue weighted by atomic mass is 9.98. The zero-order valence-corrected chi connectivity index (χ0v) is 15.6. The molecular weight excluding hydrogens is 354 g/mol. The molecular formula is C19H20ClN3O3. The van der Waals surface area contributed by atoms with E-state index in [-0.39, 0.29) is 18.2 Å². The third-order valence-corrected chi connectivity index (χ3v) is 3.86. The summed E-state index contributed by atoms with van der Waals surface area (Å²) in [5, 5.41) is 11.0. The number of nitrogens with zero attached hydrogens (tertiary/aromatic N) is 2. The highest BCUT2D eigenvalue weighted by Gasteiger charge is 2.19. The molecule has 0 aromatic heterocycles. The van der Waals surface area contributed by atoms with E-state index < -0.39 is 0 Å². The number of aryl methyl sites for hydroxylation is 1. The van der Waals surface area contributed by atoms with E-state index in [1.807, 2.05) is 31.2 Å². The fourth-order valence-electron chi connectivity index (χ4n) is 2.33. The molecule has 2 rings (SSSR count). The van der Waals surface area contributed by atoms with Gasteiger partial charge in [0, 0.05) is 23.2 Å². The van der Waals surface area contributed by atoms with Crippen LogP contribution in [-0.4, -0.2) is 32.0 Å². The Morgan fingerprint density at radius 2 is 2.04 bits per heavy atom. The van der Waals surface area contributed by atoms with E-state index in [1.165, 1.54) is 14.2 Å². The highest BCUT2D eigenvalue weighted by atomic mass is 35.5. The Morgan fingerprint density at radius 3 is 2.73 bits per heavy atom. The highest BCUT2D eigenvalue weighted by Crippen LogP contribution is 2.17. The van der Waals surface area contributed by atoms with Gasteiger partial charge in [-0.2, -0.15) is 0 Å². The van der Waals surface area contributed by atoms with Crippen molar-refractivity contribution in [2.75, 3.05) is 14.2 Å². The van der Waals surface area contributed by atoms with Crippen molar-refractivity contribution in [2.45, 2.75) is 13.5 Å². The van der Waals surface area contributed by atoms with Gasteiger partial charge in [-0.3, -0.25) is 4.79 Å². The predicted molar refractivity (Wildman–Crippen MR) is 103 cm³/mol. The number of rotatable bonds is 7. The SMILES string of the molecule is CNC(=O)/C(=N/OC)c1cccc(C)c1CO/N=C/c1cccc(Cl)c1. The van der Waals surface area contributed by atoms with Crippen molar-refractivity contribution in [3.05, 3.63) is 69.7 Å². The van der Waals surface area contributed by atoms with Gasteiger partial charge in [-0.1, -0.05) is 52.2 Å². The van der Waals surface area contributed by atoms with E-state index in [0.717, 1.165) is 16.7 Å². The monoisotopic (exact) mass is 373 g/mol. The zero-order valence-electron chi connectivity index (χ0n) is 14.8. The molecule has 136 valence electrons. The average Bonchev–Trinajstić information content (AvgIpc) is 2.64. The zero-order chi connectivity index (χ0) is 18.9. The Bertz CT molecular complexity index is 835. The van der Waals surface area contributed by atoms with Crippen LogP contribution in [-0.2, 0) is 21.1 Å². The van der Waals surface area contributed by atoms with E-state index in [0.29, 0.717) is 10.6 Å². The van der Waals surface area contributed by atoms with E-state index in [1.54, 1.807) is 24.4 Å². The fourth-order valence-corrected chi connectivity index (χ4v) is 2.52. The molecule has 0 unspecified atom stereocenters. The average molecular weight is 374 g/mol. The summed E-state index contributed by atoms with van der Waals surface area (Å²) in [7, 11) is 2.93. The summed E-state index contributed by atoms with van der Waals surface area (Å²) in [6.45, 7) is 2.11. The molecule has 7 heteroatoms. The van der Waals surface area contributed by atoms with Gasteiger partial charge in [0.1, 0.15) is 13.7 Å². The second-order valence-electron chi connectivity index (χ2n) is 5.37. The number of amides is 1. The van der Waals surface area contributed by atoms with Crippen LogP contribution < -0.4 is 5.32 Å². The number of carbonyl (C=O) groups is 1. The maximum Gasteiger partial charge on any atom is 0.273 e. The van der Waals surface area contributed by atoms with Gasteiger partial charge in [0.05, 0.1) is 6.21 Å². The van der Waals surface area contributed by atoms with Crippen molar-refractivity contribution >= 4 is 29.4 Å². The lowest BCUT2D eigenvalue weighted by Crippen LogP contribution is -2.29. The smallest absolute Gasteiger partial charge is 0.273 e. The molecule has 26 heavy (non-hydrogen) atoms. The summed E-state index contributed by atoms with van der Waals surface area (Å²) in [5.74, 6) is -0.346. The van der Waals surface area contributed by atoms with Crippen molar-refractivity contribution in [3.63, 3.8) is 0 Å². The number of likely N-dealkylation sites (N-methyl/N-ethyl adjacent to an activating group) is 1. The number of benzene rings is 2. The Labute approximate surface area is 157 Å². The molecule has 0 aliphatic heterocycles. The first-order chi connectivity index (χ1) is 12.6. The second kappa shape index (κ2) is 9.58. The highest BCUT2D eigenvalue weighted by molar-refractivity contribution is 6.45. The van der Waals surface area contributed by atoms with Crippen molar-refractivity contribution in [1.82, 2.24) is 5.32 Å². The van der Waals surface area contributed by atoms with Crippen molar-refractivity contribution in [3.8, 4) is 0 Å². The van der Waals surface area contributed by atoms with Crippen LogP contribution in [0.5, 0.6) is 0 Å². The topological polar surface area (TPSA) is 72.3 Å². The Morgan fingerprint density at radius 1 is 1.27 bits per heavy atom. The molecule has 0 fully saturated rings. The number of hydrogen-bond acceptors (Lipinski definition) is 5. The predicted octanol–water partition coefficient (Wildman–Crippen LogP) is 3.30. The first-order valence-corrected chi connectivity index (χ1v) is 8.27. The normalized spacial score (nSPS) is 11.5. The molecule has 0 aliphatic carbocycles. The standard InChI is InChI=1S/C19H20ClN3O3/c1-13-6-4-9-16(18(23-25-3)19(24)21-2)17(13)12-26-22-11-14-7-5-8-15(20)10-14/h4-11H,12H2,1-3H3,(H,21,24)/b22-11+,23-18+. The third kappa shape index (κ3) is 5.07. The van der Waals surface area contributed by atoms with Gasteiger partial charge in [-0.15, -0.1) is 0 Å². The van der Waals surface area contributed by atoms with Gasteiger partial charge < -0.3 is 15.0 Å². The van der Waals surface area contributed by atoms with Gasteiger partial charge >= 0.3 is 0 Å².